The number of methoxy groups -OCH3 is 1. The van der Waals surface area contributed by atoms with Gasteiger partial charge < -0.3 is 15.6 Å². The van der Waals surface area contributed by atoms with Gasteiger partial charge in [0.05, 0.1) is 18.2 Å². The van der Waals surface area contributed by atoms with E-state index >= 15 is 0 Å². The van der Waals surface area contributed by atoms with Crippen LogP contribution in [0.3, 0.4) is 0 Å². The minimum atomic E-state index is -0.546. The lowest BCUT2D eigenvalue weighted by atomic mass is 10.1. The van der Waals surface area contributed by atoms with Gasteiger partial charge in [0.1, 0.15) is 11.6 Å². The van der Waals surface area contributed by atoms with Crippen molar-refractivity contribution in [1.82, 2.24) is 0 Å². The molecule has 0 bridgehead atoms. The molecule has 0 fully saturated rings. The van der Waals surface area contributed by atoms with Gasteiger partial charge in [0.25, 0.3) is 0 Å². The fraction of sp³-hybridized carbons (Fsp3) is 0.111. The van der Waals surface area contributed by atoms with Crippen LogP contribution in [0, 0.1) is 5.41 Å². The summed E-state index contributed by atoms with van der Waals surface area (Å²) < 4.78 is 4.46. The Labute approximate surface area is 80.6 Å². The molecular formula is C9H10N2O3. The number of hydrogen-bond donors (Lipinski definition) is 3. The summed E-state index contributed by atoms with van der Waals surface area (Å²) in [5.74, 6) is -1.00. The van der Waals surface area contributed by atoms with Crippen LogP contribution in [0.1, 0.15) is 15.9 Å². The van der Waals surface area contributed by atoms with E-state index in [-0.39, 0.29) is 22.7 Å². The summed E-state index contributed by atoms with van der Waals surface area (Å²) in [6, 6.07) is 4.04. The second kappa shape index (κ2) is 3.78. The fourth-order valence-electron chi connectivity index (χ4n) is 1.00. The van der Waals surface area contributed by atoms with Crippen LogP contribution in [-0.2, 0) is 4.74 Å². The second-order valence-corrected chi connectivity index (χ2v) is 2.64. The average molecular weight is 194 g/mol. The van der Waals surface area contributed by atoms with Crippen molar-refractivity contribution in [2.24, 2.45) is 5.73 Å². The van der Waals surface area contributed by atoms with Crippen molar-refractivity contribution < 1.29 is 14.6 Å². The van der Waals surface area contributed by atoms with Gasteiger partial charge in [-0.1, -0.05) is 0 Å². The third kappa shape index (κ3) is 1.82. The van der Waals surface area contributed by atoms with Gasteiger partial charge >= 0.3 is 5.97 Å². The van der Waals surface area contributed by atoms with E-state index in [1.54, 1.807) is 0 Å². The van der Waals surface area contributed by atoms with E-state index in [1.165, 1.54) is 25.3 Å². The summed E-state index contributed by atoms with van der Waals surface area (Å²) in [4.78, 5) is 11.0. The van der Waals surface area contributed by atoms with Crippen molar-refractivity contribution in [3.05, 3.63) is 29.3 Å². The summed E-state index contributed by atoms with van der Waals surface area (Å²) in [5, 5.41) is 16.5. The molecule has 0 saturated carbocycles. The van der Waals surface area contributed by atoms with E-state index in [1.807, 2.05) is 0 Å². The Morgan fingerprint density at radius 3 is 2.64 bits per heavy atom. The van der Waals surface area contributed by atoms with Crippen LogP contribution in [0.25, 0.3) is 0 Å². The lowest BCUT2D eigenvalue weighted by Gasteiger charge is -2.04. The number of rotatable bonds is 2. The number of amidine groups is 1. The van der Waals surface area contributed by atoms with E-state index in [2.05, 4.69) is 4.74 Å². The molecule has 0 aliphatic rings. The summed E-state index contributed by atoms with van der Waals surface area (Å²) in [6.45, 7) is 0. The zero-order valence-electron chi connectivity index (χ0n) is 7.57. The van der Waals surface area contributed by atoms with Crippen LogP contribution in [0.15, 0.2) is 18.2 Å². The highest BCUT2D eigenvalue weighted by molar-refractivity contribution is 5.99. The Morgan fingerprint density at radius 1 is 1.57 bits per heavy atom. The number of phenolic OH excluding ortho intramolecular Hbond substituents is 1. The fourth-order valence-corrected chi connectivity index (χ4v) is 1.00. The largest absolute Gasteiger partial charge is 0.507 e. The maximum atomic E-state index is 11.0. The Bertz CT molecular complexity index is 388. The Balaban J connectivity index is 3.12. The first-order chi connectivity index (χ1) is 6.56. The molecule has 0 unspecified atom stereocenters. The van der Waals surface area contributed by atoms with Gasteiger partial charge in [-0.05, 0) is 18.2 Å². The number of nitrogens with one attached hydrogen (secondary N) is 1. The number of nitrogen functional groups attached to an aromatic ring is 1. The van der Waals surface area contributed by atoms with E-state index in [4.69, 9.17) is 11.1 Å². The molecular weight excluding hydrogens is 184 g/mol. The van der Waals surface area contributed by atoms with Crippen LogP contribution < -0.4 is 5.73 Å². The molecule has 0 amide bonds. The van der Waals surface area contributed by atoms with Crippen molar-refractivity contribution in [2.45, 2.75) is 0 Å². The number of carbonyl (C=O) groups excluding carboxylic acids is 1. The van der Waals surface area contributed by atoms with Gasteiger partial charge in [-0.15, -0.1) is 0 Å². The normalized spacial score (nSPS) is 9.50. The van der Waals surface area contributed by atoms with Crippen molar-refractivity contribution in [2.75, 3.05) is 7.11 Å². The van der Waals surface area contributed by atoms with Crippen LogP contribution in [0.4, 0.5) is 0 Å². The Kier molecular flexibility index (Phi) is 2.71. The van der Waals surface area contributed by atoms with Crippen molar-refractivity contribution in [1.29, 1.82) is 5.41 Å². The predicted molar refractivity (Wildman–Crippen MR) is 50.5 cm³/mol. The zero-order valence-corrected chi connectivity index (χ0v) is 7.57. The van der Waals surface area contributed by atoms with Gasteiger partial charge in [-0.25, -0.2) is 4.79 Å². The number of phenols is 1. The summed E-state index contributed by atoms with van der Waals surface area (Å²) in [5.41, 5.74) is 5.59. The van der Waals surface area contributed by atoms with Gasteiger partial charge in [0.15, 0.2) is 0 Å². The molecule has 0 radical (unpaired) electrons. The van der Waals surface area contributed by atoms with Crippen LogP contribution in [-0.4, -0.2) is 24.0 Å². The van der Waals surface area contributed by atoms with Crippen molar-refractivity contribution in [3.63, 3.8) is 0 Å². The molecule has 5 nitrogen and oxygen atoms in total. The SMILES string of the molecule is COC(=O)c1ccc(C(=N)N)c(O)c1. The number of benzene rings is 1. The van der Waals surface area contributed by atoms with Crippen molar-refractivity contribution >= 4 is 11.8 Å². The standard InChI is InChI=1S/C9H10N2O3/c1-14-9(13)5-2-3-6(8(10)11)7(12)4-5/h2-4,12H,1H3,(H3,10,11). The highest BCUT2D eigenvalue weighted by Crippen LogP contribution is 2.18. The molecule has 0 saturated heterocycles. The number of nitrogens with two attached hydrogens (primary N) is 1. The lowest BCUT2D eigenvalue weighted by Crippen LogP contribution is -2.12. The first-order valence-corrected chi connectivity index (χ1v) is 3.82. The maximum Gasteiger partial charge on any atom is 0.337 e. The summed E-state index contributed by atoms with van der Waals surface area (Å²) in [7, 11) is 1.25. The molecule has 74 valence electrons. The third-order valence-electron chi connectivity index (χ3n) is 1.71. The van der Waals surface area contributed by atoms with E-state index < -0.39 is 5.97 Å². The highest BCUT2D eigenvalue weighted by Gasteiger charge is 2.10. The second-order valence-electron chi connectivity index (χ2n) is 2.64. The predicted octanol–water partition coefficient (Wildman–Crippen LogP) is 0.463. The van der Waals surface area contributed by atoms with Crippen molar-refractivity contribution in [3.8, 4) is 5.75 Å². The molecule has 1 aromatic carbocycles. The van der Waals surface area contributed by atoms with E-state index in [0.717, 1.165) is 0 Å². The van der Waals surface area contributed by atoms with Gasteiger partial charge in [0, 0.05) is 0 Å². The number of carbonyl (C=O) groups is 1. The van der Waals surface area contributed by atoms with E-state index in [0.29, 0.717) is 0 Å². The Morgan fingerprint density at radius 2 is 2.21 bits per heavy atom. The minimum Gasteiger partial charge on any atom is -0.507 e. The number of esters is 1. The molecule has 0 spiro atoms. The first kappa shape index (κ1) is 10.0. The molecule has 1 rings (SSSR count). The van der Waals surface area contributed by atoms with E-state index in [9.17, 15) is 9.90 Å². The average Bonchev–Trinajstić information content (AvgIpc) is 2.15. The molecule has 0 aliphatic carbocycles. The monoisotopic (exact) mass is 194 g/mol. The molecule has 0 atom stereocenters. The zero-order chi connectivity index (χ0) is 10.7. The number of hydrogen-bond acceptors (Lipinski definition) is 4. The third-order valence-corrected chi connectivity index (χ3v) is 1.71. The minimum absolute atomic E-state index is 0.192. The molecule has 0 heterocycles. The molecule has 14 heavy (non-hydrogen) atoms. The number of ether oxygens (including phenoxy) is 1. The molecule has 5 heteroatoms. The molecule has 4 N–H and O–H groups in total. The smallest absolute Gasteiger partial charge is 0.337 e. The molecule has 0 aliphatic heterocycles. The topological polar surface area (TPSA) is 96.4 Å². The van der Waals surface area contributed by atoms with Gasteiger partial charge in [0.2, 0.25) is 0 Å². The van der Waals surface area contributed by atoms with Crippen LogP contribution in [0.2, 0.25) is 0 Å². The molecule has 0 aromatic heterocycles. The first-order valence-electron chi connectivity index (χ1n) is 3.82. The lowest BCUT2D eigenvalue weighted by molar-refractivity contribution is 0.0600. The number of aromatic hydroxyl groups is 1. The van der Waals surface area contributed by atoms with Gasteiger partial charge in [-0.2, -0.15) is 0 Å². The van der Waals surface area contributed by atoms with Crippen LogP contribution in [0.5, 0.6) is 5.75 Å². The molecule has 1 aromatic rings. The van der Waals surface area contributed by atoms with Crippen LogP contribution >= 0.6 is 0 Å². The Hall–Kier alpha value is -2.04. The summed E-state index contributed by atoms with van der Waals surface area (Å²) >= 11 is 0. The summed E-state index contributed by atoms with van der Waals surface area (Å²) in [6.07, 6.45) is 0. The highest BCUT2D eigenvalue weighted by atomic mass is 16.5. The quantitative estimate of drug-likeness (QED) is 0.362. The van der Waals surface area contributed by atoms with Gasteiger partial charge in [-0.3, -0.25) is 5.41 Å². The maximum absolute atomic E-state index is 11.0.